The molecule has 2 fully saturated rings. The van der Waals surface area contributed by atoms with E-state index in [0.29, 0.717) is 12.8 Å². The molecule has 1 saturated carbocycles. The SMILES string of the molecule is CCC12C=CCN3CC[C@@]4(c5ccc(OC)cc5N(C)[C@H]4[C@@](O)(CNC(=O)CC(C)C)[C@@H]1OC(C)=O)C32. The maximum Gasteiger partial charge on any atom is 0.303 e. The van der Waals surface area contributed by atoms with Gasteiger partial charge in [-0.3, -0.25) is 14.5 Å². The zero-order valence-electron chi connectivity index (χ0n) is 22.9. The molecule has 1 spiro atoms. The summed E-state index contributed by atoms with van der Waals surface area (Å²) < 4.78 is 11.7. The van der Waals surface area contributed by atoms with Gasteiger partial charge in [-0.05, 0) is 36.9 Å². The number of esters is 1. The van der Waals surface area contributed by atoms with Crippen LogP contribution in [0.3, 0.4) is 0 Å². The number of ether oxygens (including phenoxy) is 2. The fourth-order valence-corrected chi connectivity index (χ4v) is 8.33. The molecule has 37 heavy (non-hydrogen) atoms. The topological polar surface area (TPSA) is 91.3 Å². The van der Waals surface area contributed by atoms with Gasteiger partial charge in [-0.1, -0.05) is 39.0 Å². The maximum absolute atomic E-state index is 12.9. The van der Waals surface area contributed by atoms with Gasteiger partial charge in [0.05, 0.1) is 19.7 Å². The minimum Gasteiger partial charge on any atom is -0.497 e. The number of hydrogen-bond donors (Lipinski definition) is 2. The molecule has 1 aromatic carbocycles. The van der Waals surface area contributed by atoms with Gasteiger partial charge >= 0.3 is 5.97 Å². The fraction of sp³-hybridized carbons (Fsp3) is 0.655. The molecule has 1 amide bonds. The van der Waals surface area contributed by atoms with Crippen molar-refractivity contribution in [2.75, 3.05) is 38.7 Å². The lowest BCUT2D eigenvalue weighted by molar-refractivity contribution is -0.217. The molecule has 6 atom stereocenters. The molecule has 4 aliphatic rings. The first-order valence-electron chi connectivity index (χ1n) is 13.5. The van der Waals surface area contributed by atoms with Crippen molar-refractivity contribution in [3.63, 3.8) is 0 Å². The van der Waals surface area contributed by atoms with Gasteiger partial charge in [0.15, 0.2) is 0 Å². The molecule has 3 aliphatic heterocycles. The minimum absolute atomic E-state index is 0.000685. The molecule has 1 aliphatic carbocycles. The summed E-state index contributed by atoms with van der Waals surface area (Å²) in [6.07, 6.45) is 5.43. The van der Waals surface area contributed by atoms with Crippen LogP contribution in [0.5, 0.6) is 5.75 Å². The maximum atomic E-state index is 12.9. The zero-order chi connectivity index (χ0) is 26.8. The Bertz CT molecular complexity index is 1120. The number of fused-ring (bicyclic) bond motifs is 1. The van der Waals surface area contributed by atoms with Gasteiger partial charge in [0, 0.05) is 55.6 Å². The van der Waals surface area contributed by atoms with Crippen LogP contribution in [0.25, 0.3) is 0 Å². The van der Waals surface area contributed by atoms with Gasteiger partial charge in [0.1, 0.15) is 17.5 Å². The van der Waals surface area contributed by atoms with E-state index >= 15 is 0 Å². The zero-order valence-corrected chi connectivity index (χ0v) is 22.9. The largest absolute Gasteiger partial charge is 0.497 e. The van der Waals surface area contributed by atoms with Crippen LogP contribution in [-0.2, 0) is 19.7 Å². The first-order valence-corrected chi connectivity index (χ1v) is 13.5. The summed E-state index contributed by atoms with van der Waals surface area (Å²) in [5.74, 6) is 0.407. The monoisotopic (exact) mass is 511 g/mol. The second kappa shape index (κ2) is 9.02. The number of rotatable bonds is 7. The van der Waals surface area contributed by atoms with Gasteiger partial charge in [0.2, 0.25) is 5.91 Å². The smallest absolute Gasteiger partial charge is 0.303 e. The van der Waals surface area contributed by atoms with Crippen LogP contribution < -0.4 is 15.0 Å². The summed E-state index contributed by atoms with van der Waals surface area (Å²) >= 11 is 0. The van der Waals surface area contributed by atoms with Crippen LogP contribution in [0.15, 0.2) is 30.4 Å². The summed E-state index contributed by atoms with van der Waals surface area (Å²) in [5.41, 5.74) is -0.359. The number of nitrogens with zero attached hydrogens (tertiary/aromatic N) is 2. The fourth-order valence-electron chi connectivity index (χ4n) is 8.33. The van der Waals surface area contributed by atoms with Gasteiger partial charge in [0.25, 0.3) is 0 Å². The highest BCUT2D eigenvalue weighted by Gasteiger charge is 2.77. The predicted molar refractivity (Wildman–Crippen MR) is 142 cm³/mol. The Kier molecular flexibility index (Phi) is 6.35. The summed E-state index contributed by atoms with van der Waals surface area (Å²) in [6.45, 7) is 9.22. The normalized spacial score (nSPS) is 35.7. The number of nitrogens with one attached hydrogen (secondary N) is 1. The third-order valence-corrected chi connectivity index (χ3v) is 9.38. The van der Waals surface area contributed by atoms with Crippen molar-refractivity contribution in [1.29, 1.82) is 0 Å². The van der Waals surface area contributed by atoms with E-state index in [2.05, 4.69) is 40.3 Å². The Morgan fingerprint density at radius 1 is 1.27 bits per heavy atom. The molecule has 2 N–H and O–H groups in total. The van der Waals surface area contributed by atoms with E-state index in [-0.39, 0.29) is 24.4 Å². The Morgan fingerprint density at radius 2 is 2.03 bits per heavy atom. The molecule has 0 bridgehead atoms. The van der Waals surface area contributed by atoms with Crippen molar-refractivity contribution in [3.05, 3.63) is 35.9 Å². The Labute approximate surface area is 220 Å². The van der Waals surface area contributed by atoms with E-state index in [9.17, 15) is 14.7 Å². The number of likely N-dealkylation sites (N-methyl/N-ethyl adjacent to an activating group) is 1. The molecule has 5 rings (SSSR count). The van der Waals surface area contributed by atoms with E-state index in [1.807, 2.05) is 33.0 Å². The van der Waals surface area contributed by atoms with Crippen LogP contribution in [0.4, 0.5) is 5.69 Å². The van der Waals surface area contributed by atoms with Gasteiger partial charge in [-0.15, -0.1) is 0 Å². The molecule has 0 radical (unpaired) electrons. The second-order valence-corrected chi connectivity index (χ2v) is 11.8. The standard InChI is InChI=1S/C29H41N3O5/c1-7-27-11-8-13-32-14-12-28(24(27)32)21-10-9-20(36-6)16-22(21)31(5)25(28)29(35,26(27)37-19(4)33)17-30-23(34)15-18(2)3/h8-11,16,18,24-26,35H,7,12-15,17H2,1-6H3,(H,30,34)/t24?,25-,26-,27?,28-,29+/m1/s1. The molecule has 1 aromatic rings. The summed E-state index contributed by atoms with van der Waals surface area (Å²) in [4.78, 5) is 30.1. The first-order chi connectivity index (χ1) is 17.5. The number of carbonyl (C=O) groups excluding carboxylic acids is 2. The van der Waals surface area contributed by atoms with Crippen molar-refractivity contribution in [3.8, 4) is 5.75 Å². The highest BCUT2D eigenvalue weighted by atomic mass is 16.6. The summed E-state index contributed by atoms with van der Waals surface area (Å²) in [7, 11) is 3.66. The molecule has 1 saturated heterocycles. The Balaban J connectivity index is 1.73. The average Bonchev–Trinajstić information content (AvgIpc) is 3.37. The number of benzene rings is 1. The number of carbonyl (C=O) groups is 2. The number of amides is 1. The van der Waals surface area contributed by atoms with Crippen LogP contribution in [0.1, 0.15) is 52.5 Å². The number of methoxy groups -OCH3 is 1. The van der Waals surface area contributed by atoms with E-state index < -0.39 is 34.5 Å². The average molecular weight is 512 g/mol. The number of hydrogen-bond acceptors (Lipinski definition) is 7. The van der Waals surface area contributed by atoms with Gasteiger partial charge in [-0.2, -0.15) is 0 Å². The van der Waals surface area contributed by atoms with Crippen LogP contribution in [0, 0.1) is 11.3 Å². The molecular weight excluding hydrogens is 470 g/mol. The third kappa shape index (κ3) is 3.55. The van der Waals surface area contributed by atoms with E-state index in [1.54, 1.807) is 7.11 Å². The lowest BCUT2D eigenvalue weighted by Gasteiger charge is -2.64. The van der Waals surface area contributed by atoms with Crippen molar-refractivity contribution in [2.24, 2.45) is 11.3 Å². The van der Waals surface area contributed by atoms with E-state index in [1.165, 1.54) is 12.5 Å². The van der Waals surface area contributed by atoms with Crippen molar-refractivity contribution < 1.29 is 24.2 Å². The minimum atomic E-state index is -1.54. The predicted octanol–water partition coefficient (Wildman–Crippen LogP) is 2.63. The molecule has 2 unspecified atom stereocenters. The molecule has 3 heterocycles. The van der Waals surface area contributed by atoms with Crippen LogP contribution in [-0.4, -0.2) is 79.5 Å². The second-order valence-electron chi connectivity index (χ2n) is 11.8. The lowest BCUT2D eigenvalue weighted by Crippen LogP contribution is -2.81. The van der Waals surface area contributed by atoms with Crippen molar-refractivity contribution in [1.82, 2.24) is 10.2 Å². The molecule has 8 nitrogen and oxygen atoms in total. The van der Waals surface area contributed by atoms with Crippen LogP contribution >= 0.6 is 0 Å². The van der Waals surface area contributed by atoms with Crippen molar-refractivity contribution >= 4 is 17.6 Å². The number of anilines is 1. The molecule has 202 valence electrons. The Hall–Kier alpha value is -2.58. The van der Waals surface area contributed by atoms with Gasteiger partial charge in [-0.25, -0.2) is 0 Å². The van der Waals surface area contributed by atoms with Crippen LogP contribution in [0.2, 0.25) is 0 Å². The third-order valence-electron chi connectivity index (χ3n) is 9.38. The molecule has 8 heteroatoms. The molecular formula is C29H41N3O5. The number of aliphatic hydroxyl groups is 1. The first kappa shape index (κ1) is 26.0. The molecule has 0 aromatic heterocycles. The highest BCUT2D eigenvalue weighted by molar-refractivity contribution is 5.77. The summed E-state index contributed by atoms with van der Waals surface area (Å²) in [6, 6.07) is 5.81. The Morgan fingerprint density at radius 3 is 2.68 bits per heavy atom. The highest BCUT2D eigenvalue weighted by Crippen LogP contribution is 2.67. The summed E-state index contributed by atoms with van der Waals surface area (Å²) in [5, 5.41) is 16.0. The van der Waals surface area contributed by atoms with Crippen molar-refractivity contribution in [2.45, 2.75) is 76.2 Å². The van der Waals surface area contributed by atoms with Gasteiger partial charge < -0.3 is 24.8 Å². The quantitative estimate of drug-likeness (QED) is 0.430. The van der Waals surface area contributed by atoms with E-state index in [0.717, 1.165) is 30.9 Å². The van der Waals surface area contributed by atoms with E-state index in [4.69, 9.17) is 9.47 Å². The lowest BCUT2D eigenvalue weighted by atomic mass is 9.47.